The number of hydrogen-bond donors (Lipinski definition) is 1. The molecule has 1 aliphatic rings. The highest BCUT2D eigenvalue weighted by molar-refractivity contribution is 7.99. The molecule has 1 aliphatic heterocycles. The lowest BCUT2D eigenvalue weighted by Gasteiger charge is -2.12. The molecule has 2 aromatic rings. The van der Waals surface area contributed by atoms with Crippen LogP contribution in [0.3, 0.4) is 0 Å². The number of hydrogen-bond acceptors (Lipinski definition) is 4. The van der Waals surface area contributed by atoms with Crippen LogP contribution < -0.4 is 15.2 Å². The number of carbonyl (C=O) groups excluding carboxylic acids is 1. The van der Waals surface area contributed by atoms with Gasteiger partial charge in [-0.25, -0.2) is 4.39 Å². The zero-order chi connectivity index (χ0) is 16.2. The topological polar surface area (TPSA) is 66.0 Å². The molecule has 3 rings (SSSR count). The number of quaternary nitrogens is 1. The van der Waals surface area contributed by atoms with Crippen LogP contribution in [0.2, 0.25) is 0 Å². The van der Waals surface area contributed by atoms with Gasteiger partial charge in [0.1, 0.15) is 30.2 Å². The maximum Gasteiger partial charge on any atom is 0.159 e. The molecule has 6 heteroatoms. The first-order valence-electron chi connectivity index (χ1n) is 7.27. The van der Waals surface area contributed by atoms with Gasteiger partial charge in [0.2, 0.25) is 0 Å². The van der Waals surface area contributed by atoms with Gasteiger partial charge in [0.15, 0.2) is 5.37 Å². The average Bonchev–Trinajstić information content (AvgIpc) is 3.05. The van der Waals surface area contributed by atoms with E-state index < -0.39 is 12.0 Å². The second-order valence-electron chi connectivity index (χ2n) is 5.32. The van der Waals surface area contributed by atoms with E-state index in [4.69, 9.17) is 4.74 Å². The van der Waals surface area contributed by atoms with Crippen molar-refractivity contribution in [3.05, 3.63) is 65.5 Å². The van der Waals surface area contributed by atoms with E-state index in [1.165, 1.54) is 6.07 Å². The predicted octanol–water partition coefficient (Wildman–Crippen LogP) is 0.832. The van der Waals surface area contributed by atoms with E-state index in [0.29, 0.717) is 17.1 Å². The molecule has 0 aliphatic carbocycles. The Labute approximate surface area is 137 Å². The number of ether oxygens (including phenoxy) is 1. The lowest BCUT2D eigenvalue weighted by Crippen LogP contribution is -2.90. The average molecular weight is 333 g/mol. The zero-order valence-electron chi connectivity index (χ0n) is 12.3. The Kier molecular flexibility index (Phi) is 4.83. The molecule has 2 aromatic carbocycles. The Morgan fingerprint density at radius 1 is 1.26 bits per heavy atom. The number of halogens is 1. The lowest BCUT2D eigenvalue weighted by molar-refractivity contribution is -0.690. The van der Waals surface area contributed by atoms with Crippen LogP contribution >= 0.6 is 11.8 Å². The van der Waals surface area contributed by atoms with Crippen molar-refractivity contribution in [1.82, 2.24) is 0 Å². The first-order chi connectivity index (χ1) is 11.1. The summed E-state index contributed by atoms with van der Waals surface area (Å²) in [6.45, 7) is 0.170. The van der Waals surface area contributed by atoms with Crippen molar-refractivity contribution in [3.8, 4) is 5.75 Å². The monoisotopic (exact) mass is 333 g/mol. The quantitative estimate of drug-likeness (QED) is 0.880. The summed E-state index contributed by atoms with van der Waals surface area (Å²) >= 11 is 1.58. The molecule has 0 unspecified atom stereocenters. The number of benzene rings is 2. The summed E-state index contributed by atoms with van der Waals surface area (Å²) in [6.07, 6.45) is 0. The van der Waals surface area contributed by atoms with Crippen LogP contribution in [-0.4, -0.2) is 17.8 Å². The van der Waals surface area contributed by atoms with E-state index in [-0.39, 0.29) is 17.8 Å². The maximum atomic E-state index is 13.5. The fraction of sp³-hybridized carbons (Fsp3) is 0.235. The fourth-order valence-corrected chi connectivity index (χ4v) is 3.73. The molecule has 2 N–H and O–H groups in total. The highest BCUT2D eigenvalue weighted by Gasteiger charge is 2.30. The van der Waals surface area contributed by atoms with Gasteiger partial charge in [-0.3, -0.25) is 0 Å². The Bertz CT molecular complexity index is 692. The van der Waals surface area contributed by atoms with Gasteiger partial charge in [0.05, 0.1) is 5.75 Å². The summed E-state index contributed by atoms with van der Waals surface area (Å²) in [6, 6.07) is 13.5. The van der Waals surface area contributed by atoms with Crippen molar-refractivity contribution in [3.63, 3.8) is 0 Å². The molecule has 0 spiro atoms. The van der Waals surface area contributed by atoms with Gasteiger partial charge >= 0.3 is 0 Å². The van der Waals surface area contributed by atoms with Gasteiger partial charge in [-0.15, -0.1) is 0 Å². The SMILES string of the molecule is O=C([O-])[C@H]1CS[C@H](c2ccc(OCc3ccccc3F)cc2)[NH2+]1. The van der Waals surface area contributed by atoms with Gasteiger partial charge < -0.3 is 20.0 Å². The number of rotatable bonds is 5. The van der Waals surface area contributed by atoms with Gasteiger partial charge in [-0.05, 0) is 30.3 Å². The Hall–Kier alpha value is -2.05. The minimum absolute atomic E-state index is 0.0542. The van der Waals surface area contributed by atoms with Crippen LogP contribution in [0.1, 0.15) is 16.5 Å². The van der Waals surface area contributed by atoms with Crippen molar-refractivity contribution in [2.45, 2.75) is 18.0 Å². The van der Waals surface area contributed by atoms with Gasteiger partial charge in [0.25, 0.3) is 0 Å². The minimum Gasteiger partial charge on any atom is -0.544 e. The molecule has 0 bridgehead atoms. The highest BCUT2D eigenvalue weighted by atomic mass is 32.2. The number of carboxylic acids is 1. The Morgan fingerprint density at radius 3 is 2.65 bits per heavy atom. The van der Waals surface area contributed by atoms with E-state index in [9.17, 15) is 14.3 Å². The van der Waals surface area contributed by atoms with E-state index in [0.717, 1.165) is 5.56 Å². The summed E-state index contributed by atoms with van der Waals surface area (Å²) in [5.41, 5.74) is 1.53. The zero-order valence-corrected chi connectivity index (χ0v) is 13.1. The molecule has 0 amide bonds. The van der Waals surface area contributed by atoms with E-state index in [2.05, 4.69) is 0 Å². The second kappa shape index (κ2) is 7.02. The Morgan fingerprint density at radius 2 is 2.00 bits per heavy atom. The molecule has 2 atom stereocenters. The molecular formula is C17H16FNO3S. The van der Waals surface area contributed by atoms with E-state index in [1.807, 2.05) is 24.3 Å². The van der Waals surface area contributed by atoms with Gasteiger partial charge in [0, 0.05) is 11.1 Å². The molecule has 1 saturated heterocycles. The smallest absolute Gasteiger partial charge is 0.159 e. The van der Waals surface area contributed by atoms with Gasteiger partial charge in [-0.2, -0.15) is 0 Å². The van der Waals surface area contributed by atoms with Gasteiger partial charge in [-0.1, -0.05) is 30.0 Å². The standard InChI is InChI=1S/C17H16FNO3S/c18-14-4-2-1-3-12(14)9-22-13-7-5-11(6-8-13)16-19-15(10-23-16)17(20)21/h1-8,15-16,19H,9-10H2,(H,20,21)/t15-,16-/m1/s1. The largest absolute Gasteiger partial charge is 0.544 e. The van der Waals surface area contributed by atoms with E-state index in [1.54, 1.807) is 35.3 Å². The van der Waals surface area contributed by atoms with Crippen molar-refractivity contribution < 1.29 is 24.3 Å². The summed E-state index contributed by atoms with van der Waals surface area (Å²) in [5, 5.41) is 12.7. The van der Waals surface area contributed by atoms with Crippen molar-refractivity contribution in [1.29, 1.82) is 0 Å². The second-order valence-corrected chi connectivity index (χ2v) is 6.50. The predicted molar refractivity (Wildman–Crippen MR) is 83.1 cm³/mol. The van der Waals surface area contributed by atoms with Crippen LogP contribution in [0.25, 0.3) is 0 Å². The Balaban J connectivity index is 1.59. The van der Waals surface area contributed by atoms with E-state index >= 15 is 0 Å². The molecule has 0 saturated carbocycles. The molecule has 23 heavy (non-hydrogen) atoms. The summed E-state index contributed by atoms with van der Waals surface area (Å²) in [7, 11) is 0. The summed E-state index contributed by atoms with van der Waals surface area (Å²) in [4.78, 5) is 10.9. The van der Waals surface area contributed by atoms with Crippen LogP contribution in [-0.2, 0) is 11.4 Å². The minimum atomic E-state index is -1.02. The first-order valence-corrected chi connectivity index (χ1v) is 8.32. The molecule has 4 nitrogen and oxygen atoms in total. The van der Waals surface area contributed by atoms with Crippen LogP contribution in [0, 0.1) is 5.82 Å². The summed E-state index contributed by atoms with van der Waals surface area (Å²) in [5.74, 6) is -0.117. The number of nitrogens with two attached hydrogens (primary N) is 1. The maximum absolute atomic E-state index is 13.5. The molecule has 0 aromatic heterocycles. The van der Waals surface area contributed by atoms with Crippen LogP contribution in [0.4, 0.5) is 4.39 Å². The summed E-state index contributed by atoms with van der Waals surface area (Å²) < 4.78 is 19.1. The molecule has 1 heterocycles. The lowest BCUT2D eigenvalue weighted by atomic mass is 10.2. The highest BCUT2D eigenvalue weighted by Crippen LogP contribution is 2.28. The fourth-order valence-electron chi connectivity index (χ4n) is 2.41. The van der Waals surface area contributed by atoms with Crippen molar-refractivity contribution in [2.24, 2.45) is 0 Å². The van der Waals surface area contributed by atoms with Crippen LogP contribution in [0.15, 0.2) is 48.5 Å². The third kappa shape index (κ3) is 3.83. The number of aliphatic carboxylic acids is 1. The number of thioether (sulfide) groups is 1. The third-order valence-corrected chi connectivity index (χ3v) is 5.07. The first kappa shape index (κ1) is 15.8. The van der Waals surface area contributed by atoms with Crippen molar-refractivity contribution >= 4 is 17.7 Å². The number of carboxylic acid groups (broad SMARTS) is 1. The molecule has 0 radical (unpaired) electrons. The van der Waals surface area contributed by atoms with Crippen molar-refractivity contribution in [2.75, 3.05) is 5.75 Å². The third-order valence-electron chi connectivity index (χ3n) is 3.73. The normalized spacial score (nSPS) is 20.4. The molecular weight excluding hydrogens is 317 g/mol. The number of carbonyl (C=O) groups is 1. The van der Waals surface area contributed by atoms with Crippen LogP contribution in [0.5, 0.6) is 5.75 Å². The molecule has 120 valence electrons. The molecule has 1 fully saturated rings.